The second kappa shape index (κ2) is 5.30. The molecule has 0 aliphatic heterocycles. The van der Waals surface area contributed by atoms with Crippen LogP contribution in [0.25, 0.3) is 16.1 Å². The topological polar surface area (TPSA) is 88.5 Å². The first-order valence-corrected chi connectivity index (χ1v) is 7.86. The van der Waals surface area contributed by atoms with E-state index in [4.69, 9.17) is 11.0 Å². The van der Waals surface area contributed by atoms with Gasteiger partial charge in [0.15, 0.2) is 0 Å². The van der Waals surface area contributed by atoms with Crippen molar-refractivity contribution in [2.45, 2.75) is 6.42 Å². The monoisotopic (exact) mass is 317 g/mol. The van der Waals surface area contributed by atoms with Crippen LogP contribution in [0.3, 0.4) is 0 Å². The molecule has 23 heavy (non-hydrogen) atoms. The minimum atomic E-state index is 0.421. The second-order valence-electron chi connectivity index (χ2n) is 5.16. The largest absolute Gasteiger partial charge is 0.374 e. The molecule has 1 aliphatic carbocycles. The van der Waals surface area contributed by atoms with Crippen molar-refractivity contribution < 1.29 is 0 Å². The van der Waals surface area contributed by atoms with Crippen LogP contribution in [0.2, 0.25) is 0 Å². The van der Waals surface area contributed by atoms with E-state index in [9.17, 15) is 0 Å². The molecule has 0 unspecified atom stereocenters. The number of nitrogens with zero attached hydrogens (tertiary/aromatic N) is 4. The molecule has 1 aromatic carbocycles. The molecule has 110 valence electrons. The Morgan fingerprint density at radius 1 is 1.17 bits per heavy atom. The molecular formula is C17H11N5S. The number of hydrogen-bond donors (Lipinski definition) is 1. The molecule has 0 fully saturated rings. The van der Waals surface area contributed by atoms with Gasteiger partial charge in [0.25, 0.3) is 0 Å². The highest BCUT2D eigenvalue weighted by atomic mass is 32.1. The summed E-state index contributed by atoms with van der Waals surface area (Å²) in [5.41, 5.74) is 11.3. The van der Waals surface area contributed by atoms with Crippen LogP contribution in [0.15, 0.2) is 42.5 Å². The lowest BCUT2D eigenvalue weighted by Crippen LogP contribution is -1.93. The summed E-state index contributed by atoms with van der Waals surface area (Å²) in [6, 6.07) is 13.8. The van der Waals surface area contributed by atoms with Gasteiger partial charge >= 0.3 is 0 Å². The van der Waals surface area contributed by atoms with E-state index in [0.29, 0.717) is 10.8 Å². The number of fused-ring (bicyclic) bond motifs is 1. The summed E-state index contributed by atoms with van der Waals surface area (Å²) in [5.74, 6) is 0. The van der Waals surface area contributed by atoms with Crippen molar-refractivity contribution in [3.8, 4) is 16.6 Å². The van der Waals surface area contributed by atoms with E-state index in [2.05, 4.69) is 39.5 Å². The third kappa shape index (κ3) is 2.37. The first kappa shape index (κ1) is 13.6. The van der Waals surface area contributed by atoms with E-state index in [1.807, 2.05) is 18.2 Å². The third-order valence-electron chi connectivity index (χ3n) is 3.75. The molecule has 2 N–H and O–H groups in total. The Hall–Kier alpha value is -3.04. The molecule has 4 rings (SSSR count). The maximum Gasteiger partial charge on any atom is 0.203 e. The summed E-state index contributed by atoms with van der Waals surface area (Å²) in [6.45, 7) is 0. The summed E-state index contributed by atoms with van der Waals surface area (Å²) in [4.78, 5) is 4.40. The second-order valence-corrected chi connectivity index (χ2v) is 6.17. The lowest BCUT2D eigenvalue weighted by molar-refractivity contribution is 1.10. The first-order valence-electron chi connectivity index (χ1n) is 7.05. The Balaban J connectivity index is 1.79. The predicted molar refractivity (Wildman–Crippen MR) is 89.5 cm³/mol. The molecule has 5 nitrogen and oxygen atoms in total. The van der Waals surface area contributed by atoms with Gasteiger partial charge in [-0.2, -0.15) is 5.26 Å². The minimum Gasteiger partial charge on any atom is -0.374 e. The Morgan fingerprint density at radius 2 is 2.09 bits per heavy atom. The first-order chi connectivity index (χ1) is 11.2. The minimum absolute atomic E-state index is 0.421. The maximum absolute atomic E-state index is 9.04. The average Bonchev–Trinajstić information content (AvgIpc) is 3.20. The number of aromatic nitrogens is 3. The maximum atomic E-state index is 9.04. The van der Waals surface area contributed by atoms with Gasteiger partial charge in [-0.05, 0) is 35.7 Å². The van der Waals surface area contributed by atoms with Gasteiger partial charge < -0.3 is 5.73 Å². The molecule has 0 spiro atoms. The van der Waals surface area contributed by atoms with Crippen molar-refractivity contribution in [3.05, 3.63) is 65.0 Å². The van der Waals surface area contributed by atoms with Gasteiger partial charge in [-0.1, -0.05) is 35.6 Å². The smallest absolute Gasteiger partial charge is 0.203 e. The molecule has 0 bridgehead atoms. The number of benzene rings is 1. The molecule has 3 aromatic rings. The zero-order valence-corrected chi connectivity index (χ0v) is 12.8. The molecule has 0 atom stereocenters. The van der Waals surface area contributed by atoms with Gasteiger partial charge in [0, 0.05) is 11.1 Å². The highest BCUT2D eigenvalue weighted by Crippen LogP contribution is 2.35. The van der Waals surface area contributed by atoms with Crippen molar-refractivity contribution in [1.29, 1.82) is 5.26 Å². The van der Waals surface area contributed by atoms with Crippen LogP contribution in [0.1, 0.15) is 22.5 Å². The van der Waals surface area contributed by atoms with Crippen LogP contribution in [0.4, 0.5) is 5.13 Å². The Morgan fingerprint density at radius 3 is 2.87 bits per heavy atom. The number of nitriles is 1. The average molecular weight is 317 g/mol. The van der Waals surface area contributed by atoms with Crippen molar-refractivity contribution >= 4 is 22.0 Å². The predicted octanol–water partition coefficient (Wildman–Crippen LogP) is 3.04. The van der Waals surface area contributed by atoms with Gasteiger partial charge in [0.1, 0.15) is 16.8 Å². The van der Waals surface area contributed by atoms with Gasteiger partial charge in [0.2, 0.25) is 5.13 Å². The lowest BCUT2D eigenvalue weighted by Gasteiger charge is -2.07. The third-order valence-corrected chi connectivity index (χ3v) is 4.55. The summed E-state index contributed by atoms with van der Waals surface area (Å²) in [6.07, 6.45) is 3.01. The summed E-state index contributed by atoms with van der Waals surface area (Å²) in [7, 11) is 0. The highest BCUT2D eigenvalue weighted by molar-refractivity contribution is 7.18. The SMILES string of the molecule is N#Cc1cccc(C2=CCc3ccc(-c4nnc(N)s4)cc32)n1. The number of nitrogen functional groups attached to an aromatic ring is 1. The van der Waals surface area contributed by atoms with E-state index in [-0.39, 0.29) is 0 Å². The van der Waals surface area contributed by atoms with Gasteiger partial charge in [-0.15, -0.1) is 10.2 Å². The van der Waals surface area contributed by atoms with E-state index in [0.717, 1.165) is 33.8 Å². The molecule has 1 aliphatic rings. The van der Waals surface area contributed by atoms with E-state index in [1.165, 1.54) is 16.9 Å². The zero-order valence-electron chi connectivity index (χ0n) is 12.0. The van der Waals surface area contributed by atoms with Crippen LogP contribution in [0.5, 0.6) is 0 Å². The number of pyridine rings is 1. The number of hydrogen-bond acceptors (Lipinski definition) is 6. The number of allylic oxidation sites excluding steroid dienone is 1. The Labute approximate surface area is 136 Å². The van der Waals surface area contributed by atoms with Crippen LogP contribution in [0, 0.1) is 11.3 Å². The summed E-state index contributed by atoms with van der Waals surface area (Å²) >= 11 is 1.37. The summed E-state index contributed by atoms with van der Waals surface area (Å²) in [5, 5.41) is 18.3. The quantitative estimate of drug-likeness (QED) is 0.784. The molecule has 0 amide bonds. The molecular weight excluding hydrogens is 306 g/mol. The standard InChI is InChI=1S/C17H11N5S/c18-9-12-2-1-3-15(20-12)13-7-6-10-4-5-11(8-14(10)13)16-21-22-17(19)23-16/h1-5,7-8H,6H2,(H2,19,22). The Kier molecular flexibility index (Phi) is 3.14. The number of anilines is 1. The highest BCUT2D eigenvalue weighted by Gasteiger charge is 2.18. The van der Waals surface area contributed by atoms with Crippen molar-refractivity contribution in [1.82, 2.24) is 15.2 Å². The van der Waals surface area contributed by atoms with Crippen molar-refractivity contribution in [2.75, 3.05) is 5.73 Å². The molecule has 6 heteroatoms. The van der Waals surface area contributed by atoms with Crippen LogP contribution >= 0.6 is 11.3 Å². The van der Waals surface area contributed by atoms with Gasteiger partial charge in [-0.25, -0.2) is 4.98 Å². The Bertz CT molecular complexity index is 981. The normalized spacial score (nSPS) is 12.6. The van der Waals surface area contributed by atoms with Crippen LogP contribution in [-0.4, -0.2) is 15.2 Å². The summed E-state index contributed by atoms with van der Waals surface area (Å²) < 4.78 is 0. The number of nitrogens with two attached hydrogens (primary N) is 1. The fourth-order valence-corrected chi connectivity index (χ4v) is 3.31. The molecule has 0 radical (unpaired) electrons. The number of rotatable bonds is 2. The van der Waals surface area contributed by atoms with Crippen molar-refractivity contribution in [2.24, 2.45) is 0 Å². The van der Waals surface area contributed by atoms with E-state index < -0.39 is 0 Å². The van der Waals surface area contributed by atoms with Gasteiger partial charge in [0.05, 0.1) is 5.69 Å². The van der Waals surface area contributed by atoms with Crippen LogP contribution < -0.4 is 5.73 Å². The zero-order chi connectivity index (χ0) is 15.8. The van der Waals surface area contributed by atoms with Crippen molar-refractivity contribution in [3.63, 3.8) is 0 Å². The lowest BCUT2D eigenvalue weighted by atomic mass is 10.00. The molecule has 2 heterocycles. The fraction of sp³-hybridized carbons (Fsp3) is 0.0588. The van der Waals surface area contributed by atoms with Crippen LogP contribution in [-0.2, 0) is 6.42 Å². The van der Waals surface area contributed by atoms with E-state index in [1.54, 1.807) is 6.07 Å². The van der Waals surface area contributed by atoms with E-state index >= 15 is 0 Å². The molecule has 0 saturated heterocycles. The molecule has 2 aromatic heterocycles. The van der Waals surface area contributed by atoms with Gasteiger partial charge in [-0.3, -0.25) is 0 Å². The molecule has 0 saturated carbocycles. The fourth-order valence-electron chi connectivity index (χ4n) is 2.70.